The molecule has 0 aromatic heterocycles. The van der Waals surface area contributed by atoms with E-state index in [-0.39, 0.29) is 18.3 Å². The van der Waals surface area contributed by atoms with Crippen molar-refractivity contribution in [2.45, 2.75) is 57.6 Å². The molecule has 1 unspecified atom stereocenters. The van der Waals surface area contributed by atoms with E-state index in [1.807, 2.05) is 12.1 Å². The third-order valence-electron chi connectivity index (χ3n) is 4.53. The van der Waals surface area contributed by atoms with Gasteiger partial charge in [-0.05, 0) is 46.0 Å². The average Bonchev–Trinajstić information content (AvgIpc) is 2.60. The van der Waals surface area contributed by atoms with Crippen LogP contribution in [0, 0.1) is 0 Å². The van der Waals surface area contributed by atoms with Crippen LogP contribution < -0.4 is 0 Å². The van der Waals surface area contributed by atoms with Gasteiger partial charge in [0, 0.05) is 5.92 Å². The van der Waals surface area contributed by atoms with Gasteiger partial charge in [0.15, 0.2) is 0 Å². The van der Waals surface area contributed by atoms with Crippen LogP contribution in [0.15, 0.2) is 43.0 Å². The van der Waals surface area contributed by atoms with Crippen LogP contribution in [0.4, 0.5) is 0 Å². The third kappa shape index (κ3) is 3.16. The molecule has 1 saturated heterocycles. The first-order valence-corrected chi connectivity index (χ1v) is 7.39. The first-order valence-electron chi connectivity index (χ1n) is 7.39. The Balaban J connectivity index is 1.94. The number of allylic oxidation sites excluding steroid dienone is 1. The van der Waals surface area contributed by atoms with E-state index >= 15 is 0 Å². The van der Waals surface area contributed by atoms with Crippen molar-refractivity contribution >= 4 is 7.12 Å². The molecule has 0 bridgehead atoms. The molecule has 0 amide bonds. The van der Waals surface area contributed by atoms with Gasteiger partial charge in [0.1, 0.15) is 0 Å². The fourth-order valence-electron chi connectivity index (χ4n) is 2.52. The third-order valence-corrected chi connectivity index (χ3v) is 4.53. The summed E-state index contributed by atoms with van der Waals surface area (Å²) in [6.07, 6.45) is 3.89. The summed E-state index contributed by atoms with van der Waals surface area (Å²) < 4.78 is 12.1. The molecule has 0 radical (unpaired) electrons. The largest absolute Gasteiger partial charge is 0.457 e. The second-order valence-corrected chi connectivity index (χ2v) is 6.52. The Morgan fingerprint density at radius 3 is 2.15 bits per heavy atom. The lowest BCUT2D eigenvalue weighted by atomic mass is 9.78. The SMILES string of the molecule is C=CC(CCB1OC(C)(C)C(C)(C)O1)c1ccccc1. The topological polar surface area (TPSA) is 18.5 Å². The monoisotopic (exact) mass is 272 g/mol. The normalized spacial score (nSPS) is 21.7. The van der Waals surface area contributed by atoms with E-state index in [1.54, 1.807) is 0 Å². The number of benzene rings is 1. The first kappa shape index (κ1) is 15.3. The zero-order chi connectivity index (χ0) is 14.8. The van der Waals surface area contributed by atoms with Crippen LogP contribution in [0.25, 0.3) is 0 Å². The van der Waals surface area contributed by atoms with Crippen LogP contribution in [0.3, 0.4) is 0 Å². The first-order chi connectivity index (χ1) is 9.36. The van der Waals surface area contributed by atoms with Gasteiger partial charge in [-0.2, -0.15) is 0 Å². The van der Waals surface area contributed by atoms with Gasteiger partial charge < -0.3 is 9.31 Å². The van der Waals surface area contributed by atoms with Crippen molar-refractivity contribution in [1.82, 2.24) is 0 Å². The molecular formula is C17H25BO2. The molecule has 0 spiro atoms. The zero-order valence-corrected chi connectivity index (χ0v) is 13.1. The van der Waals surface area contributed by atoms with Crippen molar-refractivity contribution < 1.29 is 9.31 Å². The fourth-order valence-corrected chi connectivity index (χ4v) is 2.52. The minimum Gasteiger partial charge on any atom is -0.403 e. The maximum Gasteiger partial charge on any atom is 0.457 e. The predicted molar refractivity (Wildman–Crippen MR) is 84.9 cm³/mol. The highest BCUT2D eigenvalue weighted by molar-refractivity contribution is 6.45. The standard InChI is InChI=1S/C17H25BO2/c1-6-14(15-10-8-7-9-11-15)12-13-18-19-16(2,3)17(4,5)20-18/h6-11,14H,1,12-13H2,2-5H3. The molecule has 0 aliphatic carbocycles. The van der Waals surface area contributed by atoms with E-state index in [0.29, 0.717) is 5.92 Å². The summed E-state index contributed by atoms with van der Waals surface area (Å²) in [4.78, 5) is 0. The maximum atomic E-state index is 6.04. The zero-order valence-electron chi connectivity index (χ0n) is 13.1. The van der Waals surface area contributed by atoms with Gasteiger partial charge in [-0.3, -0.25) is 0 Å². The Bertz CT molecular complexity index is 437. The van der Waals surface area contributed by atoms with E-state index in [4.69, 9.17) is 9.31 Å². The van der Waals surface area contributed by atoms with E-state index in [0.717, 1.165) is 12.7 Å². The van der Waals surface area contributed by atoms with E-state index in [1.165, 1.54) is 5.56 Å². The van der Waals surface area contributed by atoms with Crippen LogP contribution >= 0.6 is 0 Å². The molecule has 0 saturated carbocycles. The molecule has 1 aromatic carbocycles. The molecule has 1 aliphatic heterocycles. The van der Waals surface area contributed by atoms with Crippen LogP contribution in [0.5, 0.6) is 0 Å². The summed E-state index contributed by atoms with van der Waals surface area (Å²) in [6, 6.07) is 10.5. The average molecular weight is 272 g/mol. The van der Waals surface area contributed by atoms with Crippen molar-refractivity contribution in [3.63, 3.8) is 0 Å². The highest BCUT2D eigenvalue weighted by Gasteiger charge is 2.50. The lowest BCUT2D eigenvalue weighted by Crippen LogP contribution is -2.41. The molecule has 2 rings (SSSR count). The highest BCUT2D eigenvalue weighted by atomic mass is 16.7. The van der Waals surface area contributed by atoms with Gasteiger partial charge in [0.25, 0.3) is 0 Å². The van der Waals surface area contributed by atoms with Crippen molar-refractivity contribution in [2.24, 2.45) is 0 Å². The van der Waals surface area contributed by atoms with Crippen LogP contribution in [0.2, 0.25) is 6.32 Å². The second kappa shape index (κ2) is 5.75. The van der Waals surface area contributed by atoms with Gasteiger partial charge in [-0.1, -0.05) is 36.4 Å². The van der Waals surface area contributed by atoms with Crippen LogP contribution in [0.1, 0.15) is 45.6 Å². The Hall–Kier alpha value is -1.06. The van der Waals surface area contributed by atoms with E-state index in [2.05, 4.69) is 58.5 Å². The predicted octanol–water partition coefficient (Wildman–Crippen LogP) is 4.44. The van der Waals surface area contributed by atoms with E-state index in [9.17, 15) is 0 Å². The molecule has 1 atom stereocenters. The van der Waals surface area contributed by atoms with Crippen LogP contribution in [-0.2, 0) is 9.31 Å². The Labute approximate surface area is 123 Å². The summed E-state index contributed by atoms with van der Waals surface area (Å²) in [5, 5.41) is 0. The smallest absolute Gasteiger partial charge is 0.403 e. The van der Waals surface area contributed by atoms with Gasteiger partial charge in [0.05, 0.1) is 11.2 Å². The highest BCUT2D eigenvalue weighted by Crippen LogP contribution is 2.38. The minimum absolute atomic E-state index is 0.119. The summed E-state index contributed by atoms with van der Waals surface area (Å²) in [5.41, 5.74) is 0.821. The summed E-state index contributed by atoms with van der Waals surface area (Å²) in [5.74, 6) is 0.357. The summed E-state index contributed by atoms with van der Waals surface area (Å²) in [6.45, 7) is 12.3. The molecule has 1 fully saturated rings. The Morgan fingerprint density at radius 1 is 1.10 bits per heavy atom. The molecular weight excluding hydrogens is 247 g/mol. The lowest BCUT2D eigenvalue weighted by molar-refractivity contribution is 0.00578. The molecule has 1 heterocycles. The van der Waals surface area contributed by atoms with Gasteiger partial charge >= 0.3 is 7.12 Å². The quantitative estimate of drug-likeness (QED) is 0.582. The fraction of sp³-hybridized carbons (Fsp3) is 0.529. The number of hydrogen-bond donors (Lipinski definition) is 0. The minimum atomic E-state index is -0.242. The van der Waals surface area contributed by atoms with Crippen molar-refractivity contribution in [3.8, 4) is 0 Å². The maximum absolute atomic E-state index is 6.04. The summed E-state index contributed by atoms with van der Waals surface area (Å²) in [7, 11) is -0.119. The van der Waals surface area contributed by atoms with Gasteiger partial charge in [0.2, 0.25) is 0 Å². The van der Waals surface area contributed by atoms with Crippen molar-refractivity contribution in [1.29, 1.82) is 0 Å². The molecule has 1 aromatic rings. The Morgan fingerprint density at radius 2 is 1.65 bits per heavy atom. The molecule has 1 aliphatic rings. The summed E-state index contributed by atoms with van der Waals surface area (Å²) >= 11 is 0. The second-order valence-electron chi connectivity index (χ2n) is 6.52. The van der Waals surface area contributed by atoms with Gasteiger partial charge in [-0.25, -0.2) is 0 Å². The molecule has 0 N–H and O–H groups in total. The number of rotatable bonds is 5. The van der Waals surface area contributed by atoms with Crippen molar-refractivity contribution in [3.05, 3.63) is 48.6 Å². The molecule has 2 nitrogen and oxygen atoms in total. The van der Waals surface area contributed by atoms with Crippen molar-refractivity contribution in [2.75, 3.05) is 0 Å². The van der Waals surface area contributed by atoms with Crippen LogP contribution in [-0.4, -0.2) is 18.3 Å². The number of hydrogen-bond acceptors (Lipinski definition) is 2. The van der Waals surface area contributed by atoms with E-state index < -0.39 is 0 Å². The molecule has 20 heavy (non-hydrogen) atoms. The Kier molecular flexibility index (Phi) is 4.41. The lowest BCUT2D eigenvalue weighted by Gasteiger charge is -2.32. The molecule has 3 heteroatoms. The van der Waals surface area contributed by atoms with Gasteiger partial charge in [-0.15, -0.1) is 6.58 Å². The molecule has 108 valence electrons.